The van der Waals surface area contributed by atoms with Crippen LogP contribution in [0.4, 0.5) is 0 Å². The maximum absolute atomic E-state index is 12.7. The lowest BCUT2D eigenvalue weighted by molar-refractivity contribution is -0.127. The van der Waals surface area contributed by atoms with Crippen molar-refractivity contribution >= 4 is 23.6 Å². The molecule has 136 valence electrons. The Labute approximate surface area is 158 Å². The number of benzene rings is 2. The Balaban J connectivity index is 1.72. The molecule has 1 saturated heterocycles. The third-order valence-corrected chi connectivity index (χ3v) is 5.58. The van der Waals surface area contributed by atoms with Crippen LogP contribution in [0.5, 0.6) is 5.75 Å². The van der Waals surface area contributed by atoms with Crippen molar-refractivity contribution in [2.45, 2.75) is 31.6 Å². The second-order valence-electron chi connectivity index (χ2n) is 6.48. The Kier molecular flexibility index (Phi) is 5.99. The molecule has 0 spiro atoms. The third-order valence-electron chi connectivity index (χ3n) is 4.52. The van der Waals surface area contributed by atoms with Crippen LogP contribution in [-0.4, -0.2) is 35.6 Å². The van der Waals surface area contributed by atoms with Gasteiger partial charge in [-0.2, -0.15) is 0 Å². The molecule has 0 radical (unpaired) electrons. The van der Waals surface area contributed by atoms with E-state index in [1.807, 2.05) is 55.1 Å². The van der Waals surface area contributed by atoms with Gasteiger partial charge in [0.1, 0.15) is 5.75 Å². The average Bonchev–Trinajstić information content (AvgIpc) is 3.18. The molecule has 0 N–H and O–H groups in total. The normalized spacial score (nSPS) is 13.7. The average molecular weight is 369 g/mol. The standard InChI is InChI=1S/C21H23NO3S/c1-15-8-7-9-16(2)20(15)25-21(24)17-10-3-4-11-18(17)26-14-19(23)22-12-5-6-13-22/h3-4,7-11H,5-6,12-14H2,1-2H3. The summed E-state index contributed by atoms with van der Waals surface area (Å²) in [6.07, 6.45) is 2.16. The third kappa shape index (κ3) is 4.28. The first kappa shape index (κ1) is 18.5. The molecule has 0 unspecified atom stereocenters. The number of carbonyl (C=O) groups is 2. The summed E-state index contributed by atoms with van der Waals surface area (Å²) in [6.45, 7) is 5.53. The Morgan fingerprint density at radius 1 is 1.00 bits per heavy atom. The van der Waals surface area contributed by atoms with Crippen molar-refractivity contribution in [1.29, 1.82) is 0 Å². The quantitative estimate of drug-likeness (QED) is 0.449. The predicted octanol–water partition coefficient (Wildman–Crippen LogP) is 4.24. The number of ether oxygens (including phenoxy) is 1. The highest BCUT2D eigenvalue weighted by Crippen LogP contribution is 2.27. The smallest absolute Gasteiger partial charge is 0.344 e. The zero-order valence-corrected chi connectivity index (χ0v) is 16.0. The molecule has 0 aromatic heterocycles. The summed E-state index contributed by atoms with van der Waals surface area (Å²) in [4.78, 5) is 27.6. The van der Waals surface area contributed by atoms with Gasteiger partial charge in [0.15, 0.2) is 0 Å². The van der Waals surface area contributed by atoms with E-state index in [4.69, 9.17) is 4.74 Å². The summed E-state index contributed by atoms with van der Waals surface area (Å²) < 4.78 is 5.66. The fraction of sp³-hybridized carbons (Fsp3) is 0.333. The van der Waals surface area contributed by atoms with E-state index in [0.717, 1.165) is 42.0 Å². The van der Waals surface area contributed by atoms with Crippen molar-refractivity contribution in [1.82, 2.24) is 4.90 Å². The van der Waals surface area contributed by atoms with Crippen LogP contribution in [0.25, 0.3) is 0 Å². The molecule has 0 saturated carbocycles. The molecular weight excluding hydrogens is 346 g/mol. The van der Waals surface area contributed by atoms with Crippen molar-refractivity contribution in [2.75, 3.05) is 18.8 Å². The number of amides is 1. The first-order valence-electron chi connectivity index (χ1n) is 8.84. The maximum atomic E-state index is 12.7. The van der Waals surface area contributed by atoms with Crippen molar-refractivity contribution < 1.29 is 14.3 Å². The van der Waals surface area contributed by atoms with Crippen LogP contribution in [0.2, 0.25) is 0 Å². The van der Waals surface area contributed by atoms with E-state index in [-0.39, 0.29) is 11.9 Å². The molecule has 4 nitrogen and oxygen atoms in total. The second-order valence-corrected chi connectivity index (χ2v) is 7.50. The van der Waals surface area contributed by atoms with E-state index in [1.54, 1.807) is 6.07 Å². The number of carbonyl (C=O) groups excluding carboxylic acids is 2. The highest BCUT2D eigenvalue weighted by molar-refractivity contribution is 8.00. The fourth-order valence-corrected chi connectivity index (χ4v) is 4.01. The zero-order valence-electron chi connectivity index (χ0n) is 15.2. The van der Waals surface area contributed by atoms with Crippen molar-refractivity contribution in [3.8, 4) is 5.75 Å². The van der Waals surface area contributed by atoms with Gasteiger partial charge in [0.2, 0.25) is 5.91 Å². The second kappa shape index (κ2) is 8.41. The minimum atomic E-state index is -0.390. The molecule has 3 rings (SSSR count). The molecule has 26 heavy (non-hydrogen) atoms. The fourth-order valence-electron chi connectivity index (χ4n) is 3.07. The molecule has 2 aromatic rings. The minimum Gasteiger partial charge on any atom is -0.422 e. The van der Waals surface area contributed by atoms with Gasteiger partial charge in [0.25, 0.3) is 0 Å². The van der Waals surface area contributed by atoms with E-state index >= 15 is 0 Å². The van der Waals surface area contributed by atoms with Gasteiger partial charge in [0, 0.05) is 18.0 Å². The van der Waals surface area contributed by atoms with Crippen LogP contribution in [0.3, 0.4) is 0 Å². The monoisotopic (exact) mass is 369 g/mol. The summed E-state index contributed by atoms with van der Waals surface area (Å²) in [5, 5.41) is 0. The van der Waals surface area contributed by atoms with Gasteiger partial charge in [0.05, 0.1) is 11.3 Å². The minimum absolute atomic E-state index is 0.130. The van der Waals surface area contributed by atoms with Gasteiger partial charge < -0.3 is 9.64 Å². The predicted molar refractivity (Wildman–Crippen MR) is 104 cm³/mol. The van der Waals surface area contributed by atoms with E-state index in [1.165, 1.54) is 11.8 Å². The van der Waals surface area contributed by atoms with Crippen molar-refractivity contribution in [2.24, 2.45) is 0 Å². The highest BCUT2D eigenvalue weighted by Gasteiger charge is 2.20. The molecule has 5 heteroatoms. The molecule has 1 aliphatic rings. The number of para-hydroxylation sites is 1. The number of likely N-dealkylation sites (tertiary alicyclic amines) is 1. The van der Waals surface area contributed by atoms with E-state index < -0.39 is 0 Å². The number of rotatable bonds is 5. The van der Waals surface area contributed by atoms with Gasteiger partial charge >= 0.3 is 5.97 Å². The summed E-state index contributed by atoms with van der Waals surface area (Å²) >= 11 is 1.40. The van der Waals surface area contributed by atoms with Crippen LogP contribution < -0.4 is 4.74 Å². The Morgan fingerprint density at radius 2 is 1.65 bits per heavy atom. The summed E-state index contributed by atoms with van der Waals surface area (Å²) in [5.41, 5.74) is 2.34. The van der Waals surface area contributed by atoms with Crippen LogP contribution >= 0.6 is 11.8 Å². The molecule has 1 amide bonds. The largest absolute Gasteiger partial charge is 0.422 e. The van der Waals surface area contributed by atoms with Gasteiger partial charge in [-0.1, -0.05) is 30.3 Å². The van der Waals surface area contributed by atoms with E-state index in [9.17, 15) is 9.59 Å². The van der Waals surface area contributed by atoms with E-state index in [0.29, 0.717) is 17.1 Å². The van der Waals surface area contributed by atoms with Gasteiger partial charge in [-0.25, -0.2) is 4.79 Å². The lowest BCUT2D eigenvalue weighted by Crippen LogP contribution is -2.29. The zero-order chi connectivity index (χ0) is 18.5. The first-order valence-corrected chi connectivity index (χ1v) is 9.83. The van der Waals surface area contributed by atoms with Crippen molar-refractivity contribution in [3.63, 3.8) is 0 Å². The number of thioether (sulfide) groups is 1. The Morgan fingerprint density at radius 3 is 2.35 bits per heavy atom. The molecule has 1 aliphatic heterocycles. The number of aryl methyl sites for hydroxylation is 2. The number of nitrogens with zero attached hydrogens (tertiary/aromatic N) is 1. The van der Waals surface area contributed by atoms with Crippen molar-refractivity contribution in [3.05, 3.63) is 59.2 Å². The molecule has 0 aliphatic carbocycles. The van der Waals surface area contributed by atoms with Gasteiger partial charge in [-0.05, 0) is 49.9 Å². The van der Waals surface area contributed by atoms with Crippen LogP contribution in [0.15, 0.2) is 47.4 Å². The number of hydrogen-bond acceptors (Lipinski definition) is 4. The van der Waals surface area contributed by atoms with Crippen LogP contribution in [-0.2, 0) is 4.79 Å². The maximum Gasteiger partial charge on any atom is 0.344 e. The molecular formula is C21H23NO3S. The summed E-state index contributed by atoms with van der Waals surface area (Å²) in [5.74, 6) is 0.684. The molecule has 0 atom stereocenters. The molecule has 2 aromatic carbocycles. The topological polar surface area (TPSA) is 46.6 Å². The van der Waals surface area contributed by atoms with Crippen LogP contribution in [0.1, 0.15) is 34.3 Å². The lowest BCUT2D eigenvalue weighted by atomic mass is 10.1. The molecule has 0 bridgehead atoms. The first-order chi connectivity index (χ1) is 12.6. The molecule has 1 fully saturated rings. The number of hydrogen-bond donors (Lipinski definition) is 0. The van der Waals surface area contributed by atoms with Gasteiger partial charge in [-0.15, -0.1) is 11.8 Å². The van der Waals surface area contributed by atoms with Gasteiger partial charge in [-0.3, -0.25) is 4.79 Å². The van der Waals surface area contributed by atoms with E-state index in [2.05, 4.69) is 0 Å². The summed E-state index contributed by atoms with van der Waals surface area (Å²) in [7, 11) is 0. The molecule has 1 heterocycles. The lowest BCUT2D eigenvalue weighted by Gasteiger charge is -2.16. The highest BCUT2D eigenvalue weighted by atomic mass is 32.2. The number of esters is 1. The Hall–Kier alpha value is -2.27. The van der Waals surface area contributed by atoms with Crippen LogP contribution in [0, 0.1) is 13.8 Å². The Bertz CT molecular complexity index is 792. The SMILES string of the molecule is Cc1cccc(C)c1OC(=O)c1ccccc1SCC(=O)N1CCCC1. The summed E-state index contributed by atoms with van der Waals surface area (Å²) in [6, 6.07) is 13.1.